The zero-order chi connectivity index (χ0) is 16.9. The van der Waals surface area contributed by atoms with Gasteiger partial charge in [0, 0.05) is 30.9 Å². The van der Waals surface area contributed by atoms with Crippen molar-refractivity contribution in [1.29, 1.82) is 5.26 Å². The Kier molecular flexibility index (Phi) is 4.67. The summed E-state index contributed by atoms with van der Waals surface area (Å²) in [6, 6.07) is 5.49. The first-order chi connectivity index (χ1) is 11.7. The van der Waals surface area contributed by atoms with Crippen molar-refractivity contribution in [2.75, 3.05) is 13.1 Å². The maximum atomic E-state index is 10.9. The normalized spacial score (nSPS) is 15.2. The number of nitrogens with zero attached hydrogens (tertiary/aromatic N) is 5. The molecule has 0 atom stereocenters. The molecule has 0 aliphatic carbocycles. The van der Waals surface area contributed by atoms with E-state index in [1.165, 1.54) is 11.1 Å². The molecule has 9 heteroatoms. The van der Waals surface area contributed by atoms with Crippen molar-refractivity contribution >= 4 is 6.09 Å². The second-order valence-electron chi connectivity index (χ2n) is 5.48. The third-order valence-corrected chi connectivity index (χ3v) is 3.90. The summed E-state index contributed by atoms with van der Waals surface area (Å²) in [6.45, 7) is 1.49. The highest BCUT2D eigenvalue weighted by molar-refractivity contribution is 5.65. The van der Waals surface area contributed by atoms with Gasteiger partial charge >= 0.3 is 6.09 Å². The lowest BCUT2D eigenvalue weighted by molar-refractivity contribution is 0.128. The Morgan fingerprint density at radius 2 is 2.29 bits per heavy atom. The van der Waals surface area contributed by atoms with Crippen molar-refractivity contribution in [3.05, 3.63) is 29.8 Å². The number of nitrogens with one attached hydrogen (secondary N) is 1. The van der Waals surface area contributed by atoms with Gasteiger partial charge in [-0.05, 0) is 25.0 Å². The predicted octanol–water partition coefficient (Wildman–Crippen LogP) is 1.24. The quantitative estimate of drug-likeness (QED) is 0.857. The van der Waals surface area contributed by atoms with Crippen LogP contribution in [0.5, 0.6) is 0 Å². The van der Waals surface area contributed by atoms with E-state index < -0.39 is 6.09 Å². The Bertz CT molecular complexity index is 761. The number of carbonyl (C=O) groups is 1. The highest BCUT2D eigenvalue weighted by atomic mass is 16.5. The van der Waals surface area contributed by atoms with Crippen LogP contribution >= 0.6 is 0 Å². The molecule has 1 aliphatic heterocycles. The molecule has 2 N–H and O–H groups in total. The molecule has 0 aromatic carbocycles. The van der Waals surface area contributed by atoms with E-state index in [1.807, 2.05) is 6.07 Å². The van der Waals surface area contributed by atoms with Gasteiger partial charge in [0.2, 0.25) is 0 Å². The summed E-state index contributed by atoms with van der Waals surface area (Å²) in [5, 5.41) is 25.0. The monoisotopic (exact) mass is 328 g/mol. The first kappa shape index (κ1) is 15.9. The van der Waals surface area contributed by atoms with E-state index in [2.05, 4.69) is 20.4 Å². The van der Waals surface area contributed by atoms with Gasteiger partial charge in [0.15, 0.2) is 5.82 Å². The Morgan fingerprint density at radius 1 is 1.50 bits per heavy atom. The van der Waals surface area contributed by atoms with Crippen LogP contribution in [0.1, 0.15) is 24.4 Å². The van der Waals surface area contributed by atoms with Crippen LogP contribution in [0.4, 0.5) is 4.79 Å². The molecule has 24 heavy (non-hydrogen) atoms. The minimum atomic E-state index is -0.870. The molecule has 3 heterocycles. The van der Waals surface area contributed by atoms with Crippen molar-refractivity contribution in [2.24, 2.45) is 0 Å². The van der Waals surface area contributed by atoms with Gasteiger partial charge in [0.25, 0.3) is 5.89 Å². The lowest BCUT2D eigenvalue weighted by Crippen LogP contribution is -2.44. The van der Waals surface area contributed by atoms with Crippen LogP contribution in [0.2, 0.25) is 0 Å². The molecular formula is C15H16N6O3. The zero-order valence-electron chi connectivity index (χ0n) is 12.8. The second kappa shape index (κ2) is 7.06. The summed E-state index contributed by atoms with van der Waals surface area (Å²) >= 11 is 0. The Hall–Kier alpha value is -2.99. The van der Waals surface area contributed by atoms with Gasteiger partial charge < -0.3 is 19.8 Å². The third-order valence-electron chi connectivity index (χ3n) is 3.90. The molecule has 124 valence electrons. The fourth-order valence-corrected chi connectivity index (χ4v) is 2.58. The highest BCUT2D eigenvalue weighted by Crippen LogP contribution is 2.17. The molecule has 0 spiro atoms. The highest BCUT2D eigenvalue weighted by Gasteiger charge is 2.22. The summed E-state index contributed by atoms with van der Waals surface area (Å²) in [5.74, 6) is 0.854. The lowest BCUT2D eigenvalue weighted by atomic mass is 10.1. The van der Waals surface area contributed by atoms with Crippen LogP contribution < -0.4 is 5.32 Å². The van der Waals surface area contributed by atoms with E-state index in [9.17, 15) is 4.79 Å². The fraction of sp³-hybridized carbons (Fsp3) is 0.400. The van der Waals surface area contributed by atoms with Gasteiger partial charge in [-0.1, -0.05) is 5.16 Å². The molecule has 1 fully saturated rings. The number of hydrogen-bond acceptors (Lipinski definition) is 7. The molecule has 0 radical (unpaired) electrons. The molecule has 2 aromatic heterocycles. The van der Waals surface area contributed by atoms with Crippen LogP contribution in [0.3, 0.4) is 0 Å². The maximum absolute atomic E-state index is 10.9. The fourth-order valence-electron chi connectivity index (χ4n) is 2.58. The summed E-state index contributed by atoms with van der Waals surface area (Å²) in [4.78, 5) is 20.5. The van der Waals surface area contributed by atoms with Crippen molar-refractivity contribution in [2.45, 2.75) is 25.4 Å². The summed E-state index contributed by atoms with van der Waals surface area (Å²) in [7, 11) is 0. The summed E-state index contributed by atoms with van der Waals surface area (Å²) in [6.07, 6.45) is 2.16. The van der Waals surface area contributed by atoms with Crippen LogP contribution in [0.25, 0.3) is 11.5 Å². The largest absolute Gasteiger partial charge is 0.465 e. The van der Waals surface area contributed by atoms with Gasteiger partial charge in [-0.25, -0.2) is 9.78 Å². The topological polar surface area (TPSA) is 128 Å². The molecule has 1 saturated heterocycles. The molecule has 1 amide bonds. The molecule has 9 nitrogen and oxygen atoms in total. The average Bonchev–Trinajstić information content (AvgIpc) is 3.09. The predicted molar refractivity (Wildman–Crippen MR) is 81.7 cm³/mol. The number of aromatic nitrogens is 3. The van der Waals surface area contributed by atoms with Crippen LogP contribution in [0, 0.1) is 11.3 Å². The van der Waals surface area contributed by atoms with E-state index in [-0.39, 0.29) is 11.7 Å². The number of piperidine rings is 1. The number of nitriles is 1. The third kappa shape index (κ3) is 3.67. The van der Waals surface area contributed by atoms with E-state index in [4.69, 9.17) is 14.9 Å². The van der Waals surface area contributed by atoms with E-state index in [0.29, 0.717) is 36.9 Å². The molecule has 0 bridgehead atoms. The molecular weight excluding hydrogens is 312 g/mol. The maximum Gasteiger partial charge on any atom is 0.407 e. The second-order valence-corrected chi connectivity index (χ2v) is 5.48. The zero-order valence-corrected chi connectivity index (χ0v) is 12.8. The number of rotatable bonds is 4. The average molecular weight is 328 g/mol. The number of carboxylic acid groups (broad SMARTS) is 1. The Morgan fingerprint density at radius 3 is 3.00 bits per heavy atom. The molecule has 0 saturated carbocycles. The summed E-state index contributed by atoms with van der Waals surface area (Å²) < 4.78 is 5.21. The Balaban J connectivity index is 1.55. The van der Waals surface area contributed by atoms with Gasteiger partial charge in [-0.2, -0.15) is 10.2 Å². The molecule has 1 aliphatic rings. The smallest absolute Gasteiger partial charge is 0.407 e. The van der Waals surface area contributed by atoms with Crippen molar-refractivity contribution in [3.63, 3.8) is 0 Å². The lowest BCUT2D eigenvalue weighted by Gasteiger charge is -2.30. The van der Waals surface area contributed by atoms with E-state index in [1.54, 1.807) is 12.1 Å². The first-order valence-electron chi connectivity index (χ1n) is 7.56. The van der Waals surface area contributed by atoms with E-state index in [0.717, 1.165) is 12.8 Å². The van der Waals surface area contributed by atoms with Crippen molar-refractivity contribution in [1.82, 2.24) is 25.3 Å². The first-order valence-corrected chi connectivity index (χ1v) is 7.56. The number of pyridine rings is 1. The van der Waals surface area contributed by atoms with Gasteiger partial charge in [0.1, 0.15) is 11.8 Å². The minimum Gasteiger partial charge on any atom is -0.465 e. The summed E-state index contributed by atoms with van der Waals surface area (Å²) in [5.41, 5.74) is 0.936. The number of amides is 1. The van der Waals surface area contributed by atoms with Crippen LogP contribution in [0.15, 0.2) is 22.9 Å². The van der Waals surface area contributed by atoms with Crippen molar-refractivity contribution in [3.8, 4) is 17.5 Å². The number of hydrogen-bond donors (Lipinski definition) is 2. The minimum absolute atomic E-state index is 0.230. The van der Waals surface area contributed by atoms with Gasteiger partial charge in [0.05, 0.1) is 6.54 Å². The van der Waals surface area contributed by atoms with Gasteiger partial charge in [-0.15, -0.1) is 0 Å². The molecule has 0 unspecified atom stereocenters. The van der Waals surface area contributed by atoms with Crippen molar-refractivity contribution < 1.29 is 14.4 Å². The SMILES string of the molecule is N#Cc1cc(-c2nc(CNC3CCN(C(=O)O)CC3)no2)ccn1. The standard InChI is InChI=1S/C15H16N6O3/c16-8-12-7-10(1-4-17-12)14-19-13(20-24-14)9-18-11-2-5-21(6-3-11)15(22)23/h1,4,7,11,18H,2-3,5-6,9H2,(H,22,23). The number of likely N-dealkylation sites (tertiary alicyclic amines) is 1. The Labute approximate surface area is 137 Å². The van der Waals surface area contributed by atoms with Crippen LogP contribution in [-0.4, -0.2) is 50.4 Å². The molecule has 3 rings (SSSR count). The van der Waals surface area contributed by atoms with Crippen LogP contribution in [-0.2, 0) is 6.54 Å². The van der Waals surface area contributed by atoms with Gasteiger partial charge in [-0.3, -0.25) is 0 Å². The molecule has 2 aromatic rings. The van der Waals surface area contributed by atoms with E-state index >= 15 is 0 Å².